The highest BCUT2D eigenvalue weighted by Gasteiger charge is 2.25. The lowest BCUT2D eigenvalue weighted by Crippen LogP contribution is -2.12. The molecule has 1 N–H and O–H groups in total. The second-order valence-electron chi connectivity index (χ2n) is 6.20. The number of nitrogens with one attached hydrogen (secondary N) is 1. The van der Waals surface area contributed by atoms with Crippen LogP contribution in [0.5, 0.6) is 0 Å². The molecule has 29 heavy (non-hydrogen) atoms. The Labute approximate surface area is 178 Å². The molecule has 0 radical (unpaired) electrons. The van der Waals surface area contributed by atoms with E-state index in [9.17, 15) is 9.59 Å². The summed E-state index contributed by atoms with van der Waals surface area (Å²) in [5, 5.41) is 3.89. The van der Waals surface area contributed by atoms with Gasteiger partial charge in [0.25, 0.3) is 0 Å². The van der Waals surface area contributed by atoms with Crippen molar-refractivity contribution in [3.8, 4) is 11.1 Å². The number of aryl methyl sites for hydroxylation is 1. The highest BCUT2D eigenvalue weighted by molar-refractivity contribution is 7.17. The van der Waals surface area contributed by atoms with Gasteiger partial charge in [0.15, 0.2) is 0 Å². The number of anilines is 1. The van der Waals surface area contributed by atoms with E-state index >= 15 is 0 Å². The molecule has 0 atom stereocenters. The second kappa shape index (κ2) is 9.54. The summed E-state index contributed by atoms with van der Waals surface area (Å²) in [6.07, 6.45) is 3.08. The second-order valence-corrected chi connectivity index (χ2v) is 7.86. The van der Waals surface area contributed by atoms with Gasteiger partial charge in [0.05, 0.1) is 6.61 Å². The van der Waals surface area contributed by atoms with Crippen molar-refractivity contribution >= 4 is 45.9 Å². The maximum atomic E-state index is 12.7. The maximum Gasteiger partial charge on any atom is 0.341 e. The van der Waals surface area contributed by atoms with Gasteiger partial charge in [0.1, 0.15) is 10.6 Å². The predicted molar refractivity (Wildman–Crippen MR) is 120 cm³/mol. The number of halogens is 1. The van der Waals surface area contributed by atoms with E-state index in [0.717, 1.165) is 21.6 Å². The zero-order chi connectivity index (χ0) is 20.8. The molecule has 0 bridgehead atoms. The first-order valence-electron chi connectivity index (χ1n) is 9.10. The van der Waals surface area contributed by atoms with E-state index < -0.39 is 5.97 Å². The molecule has 1 amide bonds. The number of carbonyl (C=O) groups excluding carboxylic acids is 2. The Hall–Kier alpha value is -2.89. The summed E-state index contributed by atoms with van der Waals surface area (Å²) < 4.78 is 5.25. The minimum atomic E-state index is -0.454. The van der Waals surface area contributed by atoms with Crippen molar-refractivity contribution in [1.29, 1.82) is 0 Å². The number of amides is 1. The molecule has 0 unspecified atom stereocenters. The van der Waals surface area contributed by atoms with Crippen LogP contribution in [0.3, 0.4) is 0 Å². The molecule has 0 aliphatic carbocycles. The Morgan fingerprint density at radius 3 is 2.59 bits per heavy atom. The third-order valence-electron chi connectivity index (χ3n) is 4.14. The minimum absolute atomic E-state index is 0.254. The summed E-state index contributed by atoms with van der Waals surface area (Å²) in [4.78, 5) is 26.1. The smallest absolute Gasteiger partial charge is 0.341 e. The normalized spacial score (nSPS) is 10.9. The van der Waals surface area contributed by atoms with Crippen molar-refractivity contribution in [2.24, 2.45) is 0 Å². The van der Waals surface area contributed by atoms with Crippen LogP contribution in [0.4, 0.5) is 5.00 Å². The molecule has 4 nitrogen and oxygen atoms in total. The van der Waals surface area contributed by atoms with Gasteiger partial charge in [0, 0.05) is 21.5 Å². The predicted octanol–water partition coefficient (Wildman–Crippen LogP) is 6.21. The van der Waals surface area contributed by atoms with Gasteiger partial charge in [-0.15, -0.1) is 11.3 Å². The van der Waals surface area contributed by atoms with E-state index in [1.54, 1.807) is 25.1 Å². The fourth-order valence-electron chi connectivity index (χ4n) is 2.92. The van der Waals surface area contributed by atoms with E-state index in [4.69, 9.17) is 16.3 Å². The molecule has 0 aliphatic rings. The number of thiophene rings is 1. The summed E-state index contributed by atoms with van der Waals surface area (Å²) >= 11 is 7.32. The summed E-state index contributed by atoms with van der Waals surface area (Å²) in [5.74, 6) is -0.791. The number of esters is 1. The fraction of sp³-hybridized carbons (Fsp3) is 0.130. The van der Waals surface area contributed by atoms with E-state index in [-0.39, 0.29) is 12.5 Å². The van der Waals surface area contributed by atoms with Crippen molar-refractivity contribution < 1.29 is 14.3 Å². The van der Waals surface area contributed by atoms with Crippen LogP contribution < -0.4 is 5.32 Å². The van der Waals surface area contributed by atoms with Gasteiger partial charge >= 0.3 is 5.97 Å². The molecule has 1 aromatic heterocycles. The Balaban J connectivity index is 1.92. The van der Waals surface area contributed by atoms with Crippen molar-refractivity contribution in [3.63, 3.8) is 0 Å². The van der Waals surface area contributed by atoms with Gasteiger partial charge in [0.2, 0.25) is 5.91 Å². The van der Waals surface area contributed by atoms with E-state index in [2.05, 4.69) is 5.32 Å². The molecule has 3 aromatic rings. The lowest BCUT2D eigenvalue weighted by Gasteiger charge is -2.08. The van der Waals surface area contributed by atoms with Crippen molar-refractivity contribution in [2.45, 2.75) is 13.8 Å². The van der Waals surface area contributed by atoms with Crippen molar-refractivity contribution in [2.75, 3.05) is 11.9 Å². The first kappa shape index (κ1) is 20.8. The molecule has 148 valence electrons. The van der Waals surface area contributed by atoms with Crippen LogP contribution in [0, 0.1) is 6.92 Å². The number of hydrogen-bond donors (Lipinski definition) is 1. The van der Waals surface area contributed by atoms with Crippen LogP contribution in [-0.4, -0.2) is 18.5 Å². The Morgan fingerprint density at radius 2 is 1.90 bits per heavy atom. The number of carbonyl (C=O) groups is 2. The lowest BCUT2D eigenvalue weighted by atomic mass is 10.0. The standard InChI is InChI=1S/C23H20ClNO3S/c1-3-28-23(27)21-20(17-9-5-4-6-10-17)15(2)29-22(21)25-19(26)13-12-16-8-7-11-18(24)14-16/h4-14H,3H2,1-2H3,(H,25,26)/b13-12+. The largest absolute Gasteiger partial charge is 0.462 e. The molecule has 1 heterocycles. The molecule has 0 aliphatic heterocycles. The van der Waals surface area contributed by atoms with E-state index in [0.29, 0.717) is 15.6 Å². The number of hydrogen-bond acceptors (Lipinski definition) is 4. The first-order valence-corrected chi connectivity index (χ1v) is 10.3. The molecule has 2 aromatic carbocycles. The molecular formula is C23H20ClNO3S. The number of benzene rings is 2. The van der Waals surface area contributed by atoms with E-state index in [1.165, 1.54) is 17.4 Å². The highest BCUT2D eigenvalue weighted by Crippen LogP contribution is 2.40. The molecule has 0 saturated carbocycles. The van der Waals surface area contributed by atoms with Crippen LogP contribution in [0.1, 0.15) is 27.7 Å². The first-order chi connectivity index (χ1) is 14.0. The minimum Gasteiger partial charge on any atom is -0.462 e. The van der Waals surface area contributed by atoms with Gasteiger partial charge in [-0.05, 0) is 43.2 Å². The number of ether oxygens (including phenoxy) is 1. The fourth-order valence-corrected chi connectivity index (χ4v) is 4.18. The Bertz CT molecular complexity index is 1060. The van der Waals surface area contributed by atoms with Crippen molar-refractivity contribution in [3.05, 3.63) is 81.7 Å². The van der Waals surface area contributed by atoms with Crippen LogP contribution in [0.2, 0.25) is 5.02 Å². The third-order valence-corrected chi connectivity index (χ3v) is 5.39. The molecular weight excluding hydrogens is 406 g/mol. The molecule has 0 spiro atoms. The van der Waals surface area contributed by atoms with E-state index in [1.807, 2.05) is 49.4 Å². The third kappa shape index (κ3) is 5.13. The summed E-state index contributed by atoms with van der Waals surface area (Å²) in [5.41, 5.74) is 2.87. The number of rotatable bonds is 6. The van der Waals surface area contributed by atoms with Crippen LogP contribution in [0.15, 0.2) is 60.7 Å². The average molecular weight is 426 g/mol. The average Bonchev–Trinajstić information content (AvgIpc) is 3.03. The van der Waals surface area contributed by atoms with Crippen molar-refractivity contribution in [1.82, 2.24) is 0 Å². The highest BCUT2D eigenvalue weighted by atomic mass is 35.5. The van der Waals surface area contributed by atoms with Crippen LogP contribution in [-0.2, 0) is 9.53 Å². The zero-order valence-corrected chi connectivity index (χ0v) is 17.6. The quantitative estimate of drug-likeness (QED) is 0.377. The van der Waals surface area contributed by atoms with Gasteiger partial charge < -0.3 is 10.1 Å². The Morgan fingerprint density at radius 1 is 1.14 bits per heavy atom. The molecule has 6 heteroatoms. The Kier molecular flexibility index (Phi) is 6.86. The summed E-state index contributed by atoms with van der Waals surface area (Å²) in [6, 6.07) is 16.8. The maximum absolute atomic E-state index is 12.7. The van der Waals surface area contributed by atoms with Gasteiger partial charge in [-0.25, -0.2) is 4.79 Å². The molecule has 3 rings (SSSR count). The molecule has 0 saturated heterocycles. The summed E-state index contributed by atoms with van der Waals surface area (Å²) in [6.45, 7) is 3.93. The molecule has 0 fully saturated rings. The van der Waals surface area contributed by atoms with Gasteiger partial charge in [-0.3, -0.25) is 4.79 Å². The zero-order valence-electron chi connectivity index (χ0n) is 16.1. The lowest BCUT2D eigenvalue weighted by molar-refractivity contribution is -0.111. The SMILES string of the molecule is CCOC(=O)c1c(NC(=O)/C=C/c2cccc(Cl)c2)sc(C)c1-c1ccccc1. The topological polar surface area (TPSA) is 55.4 Å². The van der Waals surface area contributed by atoms with Crippen LogP contribution in [0.25, 0.3) is 17.2 Å². The van der Waals surface area contributed by atoms with Gasteiger partial charge in [-0.1, -0.05) is 54.1 Å². The van der Waals surface area contributed by atoms with Gasteiger partial charge in [-0.2, -0.15) is 0 Å². The summed E-state index contributed by atoms with van der Waals surface area (Å²) in [7, 11) is 0. The monoisotopic (exact) mass is 425 g/mol. The van der Waals surface area contributed by atoms with Crippen LogP contribution >= 0.6 is 22.9 Å².